The van der Waals surface area contributed by atoms with Gasteiger partial charge in [-0.1, -0.05) is 24.3 Å². The number of carbonyl (C=O) groups excluding carboxylic acids is 1. The van der Waals surface area contributed by atoms with Gasteiger partial charge < -0.3 is 33.9 Å². The number of β-amino-alcohol motifs (C(OH)–C–C–N with tert-alkyl or cyclic N) is 1. The fraction of sp³-hybridized carbons (Fsp3) is 0.452. The van der Waals surface area contributed by atoms with Crippen molar-refractivity contribution in [2.24, 2.45) is 5.92 Å². The zero-order valence-electron chi connectivity index (χ0n) is 23.1. The lowest BCUT2D eigenvalue weighted by Gasteiger charge is -2.38. The molecule has 3 heterocycles. The molecule has 1 amide bonds. The van der Waals surface area contributed by atoms with Crippen LogP contribution in [0.1, 0.15) is 34.3 Å². The molecular weight excluding hydrogens is 532 g/mol. The van der Waals surface area contributed by atoms with Crippen LogP contribution in [0.4, 0.5) is 0 Å². The summed E-state index contributed by atoms with van der Waals surface area (Å²) in [5.74, 6) is 3.27. The van der Waals surface area contributed by atoms with Gasteiger partial charge in [-0.15, -0.1) is 12.4 Å². The highest BCUT2D eigenvalue weighted by Crippen LogP contribution is 2.38. The average molecular weight is 569 g/mol. The van der Waals surface area contributed by atoms with Crippen molar-refractivity contribution in [3.8, 4) is 23.0 Å². The van der Waals surface area contributed by atoms with E-state index in [0.717, 1.165) is 78.7 Å². The van der Waals surface area contributed by atoms with Crippen molar-refractivity contribution >= 4 is 29.1 Å². The van der Waals surface area contributed by atoms with E-state index >= 15 is 0 Å². The highest BCUT2D eigenvalue weighted by atomic mass is 35.5. The third-order valence-corrected chi connectivity index (χ3v) is 8.26. The Hall–Kier alpha value is -3.20. The SMILES string of the molecule is COc1ccc2c(CC(O)CN3CCCC(CN4CCc5cc6c(cc5C4=O)OCO6)C3)cccc2c1OC.Cl. The Morgan fingerprint density at radius 1 is 1.05 bits per heavy atom. The van der Waals surface area contributed by atoms with Crippen LogP contribution in [0.15, 0.2) is 42.5 Å². The van der Waals surface area contributed by atoms with E-state index in [2.05, 4.69) is 11.0 Å². The molecule has 6 rings (SSSR count). The van der Waals surface area contributed by atoms with Crippen LogP contribution in [0.25, 0.3) is 10.8 Å². The summed E-state index contributed by atoms with van der Waals surface area (Å²) in [6.07, 6.45) is 3.06. The topological polar surface area (TPSA) is 80.7 Å². The molecule has 2 unspecified atom stereocenters. The van der Waals surface area contributed by atoms with Crippen LogP contribution < -0.4 is 18.9 Å². The predicted molar refractivity (Wildman–Crippen MR) is 155 cm³/mol. The molecule has 0 aromatic heterocycles. The summed E-state index contributed by atoms with van der Waals surface area (Å²) < 4.78 is 22.1. The number of methoxy groups -OCH3 is 2. The summed E-state index contributed by atoms with van der Waals surface area (Å²) in [5.41, 5.74) is 2.87. The maximum absolute atomic E-state index is 13.3. The first-order valence-corrected chi connectivity index (χ1v) is 13.8. The lowest BCUT2D eigenvalue weighted by atomic mass is 9.93. The molecule has 3 aromatic carbocycles. The van der Waals surface area contributed by atoms with Crippen molar-refractivity contribution in [3.63, 3.8) is 0 Å². The molecule has 3 aliphatic heterocycles. The molecule has 8 nitrogen and oxygen atoms in total. The average Bonchev–Trinajstić information content (AvgIpc) is 3.41. The van der Waals surface area contributed by atoms with Gasteiger partial charge in [0.1, 0.15) is 0 Å². The smallest absolute Gasteiger partial charge is 0.254 e. The van der Waals surface area contributed by atoms with Gasteiger partial charge >= 0.3 is 0 Å². The van der Waals surface area contributed by atoms with Gasteiger partial charge in [0, 0.05) is 43.5 Å². The molecule has 0 aliphatic carbocycles. The summed E-state index contributed by atoms with van der Waals surface area (Å²) in [6.45, 7) is 4.14. The molecule has 40 heavy (non-hydrogen) atoms. The second-order valence-corrected chi connectivity index (χ2v) is 10.8. The summed E-state index contributed by atoms with van der Waals surface area (Å²) in [5, 5.41) is 13.1. The Balaban J connectivity index is 0.00000323. The first-order valence-electron chi connectivity index (χ1n) is 13.8. The summed E-state index contributed by atoms with van der Waals surface area (Å²) in [4.78, 5) is 17.7. The van der Waals surface area contributed by atoms with Crippen molar-refractivity contribution in [1.29, 1.82) is 0 Å². The number of amides is 1. The standard InChI is InChI=1S/C31H36N2O6.ClH/c1-36-27-9-8-24-21(6-3-7-25(24)30(27)37-2)13-23(34)18-32-11-4-5-20(16-32)17-33-12-10-22-14-28-29(39-19-38-28)15-26(22)31(33)35;/h3,6-9,14-15,20,23,34H,4-5,10-13,16-19H2,1-2H3;1H. The van der Waals surface area contributed by atoms with Gasteiger partial charge in [-0.05, 0) is 66.4 Å². The highest BCUT2D eigenvalue weighted by molar-refractivity contribution is 5.97. The van der Waals surface area contributed by atoms with Gasteiger partial charge in [-0.2, -0.15) is 0 Å². The van der Waals surface area contributed by atoms with E-state index in [1.54, 1.807) is 14.2 Å². The Morgan fingerprint density at radius 2 is 1.88 bits per heavy atom. The van der Waals surface area contributed by atoms with Gasteiger partial charge in [0.05, 0.1) is 20.3 Å². The largest absolute Gasteiger partial charge is 0.493 e. The minimum atomic E-state index is -0.491. The van der Waals surface area contributed by atoms with E-state index in [0.29, 0.717) is 36.1 Å². The number of nitrogens with zero attached hydrogens (tertiary/aromatic N) is 2. The molecular formula is C31H37ClN2O6. The van der Waals surface area contributed by atoms with Crippen LogP contribution in [0.2, 0.25) is 0 Å². The second kappa shape index (κ2) is 12.1. The molecule has 3 aromatic rings. The Kier molecular flexibility index (Phi) is 8.59. The number of aliphatic hydroxyl groups excluding tert-OH is 1. The van der Waals surface area contributed by atoms with E-state index < -0.39 is 6.10 Å². The molecule has 3 aliphatic rings. The second-order valence-electron chi connectivity index (χ2n) is 10.8. The monoisotopic (exact) mass is 568 g/mol. The molecule has 214 valence electrons. The van der Waals surface area contributed by atoms with Gasteiger partial charge in [0.2, 0.25) is 6.79 Å². The number of halogens is 1. The Bertz CT molecular complexity index is 1380. The van der Waals surface area contributed by atoms with Crippen LogP contribution in [-0.4, -0.2) is 80.7 Å². The van der Waals surface area contributed by atoms with Crippen LogP contribution in [0.5, 0.6) is 23.0 Å². The minimum absolute atomic E-state index is 0. The number of rotatable bonds is 8. The quantitative estimate of drug-likeness (QED) is 0.433. The highest BCUT2D eigenvalue weighted by Gasteiger charge is 2.31. The molecule has 0 spiro atoms. The number of carbonyl (C=O) groups is 1. The molecule has 0 bridgehead atoms. The van der Waals surface area contributed by atoms with Crippen LogP contribution in [0.3, 0.4) is 0 Å². The molecule has 0 saturated carbocycles. The van der Waals surface area contributed by atoms with Gasteiger partial charge in [0.15, 0.2) is 23.0 Å². The number of ether oxygens (including phenoxy) is 4. The number of hydrogen-bond acceptors (Lipinski definition) is 7. The number of piperidine rings is 1. The molecule has 1 fully saturated rings. The van der Waals surface area contributed by atoms with Crippen LogP contribution >= 0.6 is 12.4 Å². The van der Waals surface area contributed by atoms with E-state index in [4.69, 9.17) is 18.9 Å². The van der Waals surface area contributed by atoms with Crippen molar-refractivity contribution in [2.75, 3.05) is 53.7 Å². The predicted octanol–water partition coefficient (Wildman–Crippen LogP) is 4.32. The normalized spacial score (nSPS) is 19.2. The number of fused-ring (bicyclic) bond motifs is 3. The third kappa shape index (κ3) is 5.53. The molecule has 1 N–H and O–H groups in total. The number of aliphatic hydroxyl groups is 1. The first kappa shape index (κ1) is 28.3. The molecule has 2 atom stereocenters. The van der Waals surface area contributed by atoms with Crippen molar-refractivity contribution in [3.05, 3.63) is 59.2 Å². The summed E-state index contributed by atoms with van der Waals surface area (Å²) in [6, 6.07) is 13.9. The Labute approximate surface area is 241 Å². The maximum atomic E-state index is 13.3. The number of benzene rings is 3. The zero-order chi connectivity index (χ0) is 26.9. The van der Waals surface area contributed by atoms with Crippen molar-refractivity contribution < 1.29 is 28.8 Å². The minimum Gasteiger partial charge on any atom is -0.493 e. The molecule has 1 saturated heterocycles. The van der Waals surface area contributed by atoms with Crippen LogP contribution in [0, 0.1) is 5.92 Å². The lowest BCUT2D eigenvalue weighted by Crippen LogP contribution is -2.46. The van der Waals surface area contributed by atoms with E-state index in [1.807, 2.05) is 41.3 Å². The summed E-state index contributed by atoms with van der Waals surface area (Å²) in [7, 11) is 3.29. The number of hydrogen-bond donors (Lipinski definition) is 1. The third-order valence-electron chi connectivity index (χ3n) is 8.26. The molecule has 0 radical (unpaired) electrons. The van der Waals surface area contributed by atoms with Crippen molar-refractivity contribution in [2.45, 2.75) is 31.8 Å². The maximum Gasteiger partial charge on any atom is 0.254 e. The fourth-order valence-electron chi connectivity index (χ4n) is 6.41. The van der Waals surface area contributed by atoms with E-state index in [9.17, 15) is 9.90 Å². The zero-order valence-corrected chi connectivity index (χ0v) is 23.9. The van der Waals surface area contributed by atoms with Gasteiger partial charge in [-0.3, -0.25) is 4.79 Å². The van der Waals surface area contributed by atoms with E-state index in [1.165, 1.54) is 0 Å². The van der Waals surface area contributed by atoms with Gasteiger partial charge in [0.25, 0.3) is 5.91 Å². The Morgan fingerprint density at radius 3 is 2.67 bits per heavy atom. The van der Waals surface area contributed by atoms with Crippen molar-refractivity contribution in [1.82, 2.24) is 9.80 Å². The molecule has 9 heteroatoms. The fourth-order valence-corrected chi connectivity index (χ4v) is 6.41. The summed E-state index contributed by atoms with van der Waals surface area (Å²) >= 11 is 0. The first-order chi connectivity index (χ1) is 19.0. The van der Waals surface area contributed by atoms with Crippen LogP contribution in [-0.2, 0) is 12.8 Å². The van der Waals surface area contributed by atoms with E-state index in [-0.39, 0.29) is 25.1 Å². The number of likely N-dealkylation sites (tertiary alicyclic amines) is 1. The van der Waals surface area contributed by atoms with Gasteiger partial charge in [-0.25, -0.2) is 0 Å². The lowest BCUT2D eigenvalue weighted by molar-refractivity contribution is 0.0579.